The summed E-state index contributed by atoms with van der Waals surface area (Å²) in [4.78, 5) is 9.13. The normalized spacial score (nSPS) is 10.8. The van der Waals surface area contributed by atoms with E-state index < -0.39 is 0 Å². The van der Waals surface area contributed by atoms with Crippen molar-refractivity contribution in [3.8, 4) is 28.0 Å². The van der Waals surface area contributed by atoms with Gasteiger partial charge in [-0.2, -0.15) is 22.1 Å². The first-order valence-electron chi connectivity index (χ1n) is 8.28. The first kappa shape index (κ1) is 19.0. The average molecular weight is 402 g/mol. The van der Waals surface area contributed by atoms with Gasteiger partial charge in [-0.05, 0) is 24.3 Å². The number of aromatic nitrogens is 4. The molecule has 0 atom stereocenters. The molecule has 0 radical (unpaired) electrons. The van der Waals surface area contributed by atoms with Gasteiger partial charge in [-0.25, -0.2) is 9.97 Å². The number of thioether (sulfide) groups is 2. The fourth-order valence-corrected chi connectivity index (χ4v) is 5.24. The molecular weight excluding hydrogens is 382 g/mol. The number of rotatable bonds is 8. The van der Waals surface area contributed by atoms with E-state index in [0.717, 1.165) is 37.8 Å². The molecule has 26 heavy (non-hydrogen) atoms. The quantitative estimate of drug-likeness (QED) is 0.298. The van der Waals surface area contributed by atoms with Gasteiger partial charge >= 0.3 is 0 Å². The number of nitrogens with zero attached hydrogens (tertiary/aromatic N) is 5. The Bertz CT molecular complexity index is 896. The molecule has 0 fully saturated rings. The van der Waals surface area contributed by atoms with Crippen LogP contribution >= 0.6 is 34.9 Å². The number of pyridine rings is 1. The highest BCUT2D eigenvalue weighted by Crippen LogP contribution is 2.35. The monoisotopic (exact) mass is 401 g/mol. The van der Waals surface area contributed by atoms with Crippen LogP contribution in [0.2, 0.25) is 0 Å². The van der Waals surface area contributed by atoms with E-state index in [9.17, 15) is 5.26 Å². The predicted octanol–water partition coefficient (Wildman–Crippen LogP) is 5.06. The van der Waals surface area contributed by atoms with E-state index >= 15 is 0 Å². The van der Waals surface area contributed by atoms with Gasteiger partial charge in [-0.3, -0.25) is 4.68 Å². The third kappa shape index (κ3) is 4.29. The molecular formula is C18H19N5S3. The van der Waals surface area contributed by atoms with Gasteiger partial charge in [0.05, 0.1) is 11.3 Å². The first-order valence-corrected chi connectivity index (χ1v) is 11.3. The minimum Gasteiger partial charge on any atom is -0.268 e. The average Bonchev–Trinajstić information content (AvgIpc) is 3.32. The molecule has 8 heteroatoms. The minimum atomic E-state index is 0.606. The number of aryl methyl sites for hydroxylation is 1. The maximum Gasteiger partial charge on any atom is 0.141 e. The van der Waals surface area contributed by atoms with Crippen molar-refractivity contribution in [2.75, 3.05) is 10.8 Å². The molecule has 0 spiro atoms. The van der Waals surface area contributed by atoms with Crippen LogP contribution in [0.15, 0.2) is 34.9 Å². The molecule has 0 saturated heterocycles. The van der Waals surface area contributed by atoms with Crippen LogP contribution < -0.4 is 0 Å². The molecule has 134 valence electrons. The van der Waals surface area contributed by atoms with E-state index in [1.807, 2.05) is 36.3 Å². The van der Waals surface area contributed by atoms with Gasteiger partial charge in [-0.1, -0.05) is 25.1 Å². The van der Waals surface area contributed by atoms with E-state index in [1.54, 1.807) is 40.2 Å². The number of thiazole rings is 1. The zero-order valence-corrected chi connectivity index (χ0v) is 17.1. The van der Waals surface area contributed by atoms with Crippen molar-refractivity contribution in [2.45, 2.75) is 24.8 Å². The maximum atomic E-state index is 9.80. The molecule has 3 aromatic rings. The second-order valence-corrected chi connectivity index (χ2v) is 8.88. The summed E-state index contributed by atoms with van der Waals surface area (Å²) < 4.78 is 1.78. The number of unbranched alkanes of at least 4 members (excludes halogenated alkanes) is 1. The molecule has 3 heterocycles. The zero-order valence-electron chi connectivity index (χ0n) is 14.7. The standard InChI is InChI=1S/C18H19N5S3/c1-3-4-8-24-12-26-17-14(11-19)13(16-5-6-21-23(16)2)10-15(22-17)18-20-7-9-25-18/h5-7,9-10H,3-4,8,12H2,1-2H3. The Morgan fingerprint density at radius 2 is 2.23 bits per heavy atom. The topological polar surface area (TPSA) is 67.4 Å². The third-order valence-corrected chi connectivity index (χ3v) is 6.85. The number of hydrogen-bond donors (Lipinski definition) is 0. The van der Waals surface area contributed by atoms with Gasteiger partial charge in [0, 0.05) is 35.5 Å². The molecule has 0 aliphatic heterocycles. The zero-order chi connectivity index (χ0) is 18.4. The molecule has 0 N–H and O–H groups in total. The lowest BCUT2D eigenvalue weighted by molar-refractivity contribution is 0.775. The van der Waals surface area contributed by atoms with Crippen LogP contribution in [-0.4, -0.2) is 30.6 Å². The molecule has 5 nitrogen and oxygen atoms in total. The molecule has 0 bridgehead atoms. The highest BCUT2D eigenvalue weighted by molar-refractivity contribution is 8.15. The Balaban J connectivity index is 2.00. The smallest absolute Gasteiger partial charge is 0.141 e. The number of nitriles is 1. The molecule has 0 saturated carbocycles. The van der Waals surface area contributed by atoms with Gasteiger partial charge in [0.15, 0.2) is 0 Å². The molecule has 3 aromatic heterocycles. The summed E-state index contributed by atoms with van der Waals surface area (Å²) in [6.45, 7) is 2.20. The van der Waals surface area contributed by atoms with Crippen LogP contribution in [0.3, 0.4) is 0 Å². The van der Waals surface area contributed by atoms with Gasteiger partial charge in [0.25, 0.3) is 0 Å². The van der Waals surface area contributed by atoms with Crippen LogP contribution in [0.1, 0.15) is 25.3 Å². The highest BCUT2D eigenvalue weighted by atomic mass is 32.2. The lowest BCUT2D eigenvalue weighted by Gasteiger charge is -2.11. The Hall–Kier alpha value is -1.82. The van der Waals surface area contributed by atoms with Crippen molar-refractivity contribution in [2.24, 2.45) is 7.05 Å². The van der Waals surface area contributed by atoms with Gasteiger partial charge < -0.3 is 0 Å². The van der Waals surface area contributed by atoms with Crippen LogP contribution in [0, 0.1) is 11.3 Å². The molecule has 0 aromatic carbocycles. The maximum absolute atomic E-state index is 9.80. The molecule has 0 aliphatic carbocycles. The Labute approximate surface area is 165 Å². The van der Waals surface area contributed by atoms with Crippen molar-refractivity contribution in [1.29, 1.82) is 5.26 Å². The molecule has 0 amide bonds. The van der Waals surface area contributed by atoms with Crippen molar-refractivity contribution in [1.82, 2.24) is 19.7 Å². The summed E-state index contributed by atoms with van der Waals surface area (Å²) in [5.74, 6) is 1.13. The van der Waals surface area contributed by atoms with Gasteiger partial charge in [0.2, 0.25) is 0 Å². The van der Waals surface area contributed by atoms with Crippen molar-refractivity contribution in [3.63, 3.8) is 0 Å². The lowest BCUT2D eigenvalue weighted by atomic mass is 10.1. The molecule has 0 aliphatic rings. The third-order valence-electron chi connectivity index (χ3n) is 3.77. The van der Waals surface area contributed by atoms with E-state index in [-0.39, 0.29) is 0 Å². The van der Waals surface area contributed by atoms with E-state index in [0.29, 0.717) is 5.56 Å². The Morgan fingerprint density at radius 1 is 1.35 bits per heavy atom. The van der Waals surface area contributed by atoms with Gasteiger partial charge in [-0.15, -0.1) is 11.3 Å². The second kappa shape index (κ2) is 9.21. The fourth-order valence-electron chi connectivity index (χ4n) is 2.44. The minimum absolute atomic E-state index is 0.606. The summed E-state index contributed by atoms with van der Waals surface area (Å²) in [5, 5.41) is 18.5. The summed E-state index contributed by atoms with van der Waals surface area (Å²) in [6.07, 6.45) is 5.93. The highest BCUT2D eigenvalue weighted by Gasteiger charge is 2.18. The summed E-state index contributed by atoms with van der Waals surface area (Å²) in [5.41, 5.74) is 3.17. The van der Waals surface area contributed by atoms with Crippen LogP contribution in [0.25, 0.3) is 22.0 Å². The lowest BCUT2D eigenvalue weighted by Crippen LogP contribution is -2.00. The first-order chi connectivity index (χ1) is 12.7. The SMILES string of the molecule is CCCCSCSc1nc(-c2nccs2)cc(-c2ccnn2C)c1C#N. The summed E-state index contributed by atoms with van der Waals surface area (Å²) in [6, 6.07) is 6.22. The van der Waals surface area contributed by atoms with E-state index in [4.69, 9.17) is 4.98 Å². The largest absolute Gasteiger partial charge is 0.268 e. The van der Waals surface area contributed by atoms with Crippen LogP contribution in [-0.2, 0) is 7.05 Å². The number of hydrogen-bond acceptors (Lipinski definition) is 7. The van der Waals surface area contributed by atoms with Crippen LogP contribution in [0.5, 0.6) is 0 Å². The predicted molar refractivity (Wildman–Crippen MR) is 110 cm³/mol. The molecule has 0 unspecified atom stereocenters. The summed E-state index contributed by atoms with van der Waals surface area (Å²) >= 11 is 5.06. The van der Waals surface area contributed by atoms with Crippen LogP contribution in [0.4, 0.5) is 0 Å². The van der Waals surface area contributed by atoms with E-state index in [1.165, 1.54) is 12.8 Å². The van der Waals surface area contributed by atoms with Crippen molar-refractivity contribution >= 4 is 34.9 Å². The van der Waals surface area contributed by atoms with Gasteiger partial charge in [0.1, 0.15) is 21.8 Å². The molecule has 3 rings (SSSR count). The van der Waals surface area contributed by atoms with Crippen molar-refractivity contribution < 1.29 is 0 Å². The fraction of sp³-hybridized carbons (Fsp3) is 0.333. The Morgan fingerprint density at radius 3 is 2.88 bits per heavy atom. The van der Waals surface area contributed by atoms with Crippen molar-refractivity contribution in [3.05, 3.63) is 35.5 Å². The second-order valence-electron chi connectivity index (χ2n) is 5.55. The van der Waals surface area contributed by atoms with E-state index in [2.05, 4.69) is 23.1 Å². The Kier molecular flexibility index (Phi) is 6.72. The summed E-state index contributed by atoms with van der Waals surface area (Å²) in [7, 11) is 1.88.